The van der Waals surface area contributed by atoms with Crippen LogP contribution >= 0.6 is 47.8 Å². The van der Waals surface area contributed by atoms with Crippen LogP contribution < -0.4 is 10.1 Å². The molecule has 3 rings (SSSR count). The van der Waals surface area contributed by atoms with Crippen molar-refractivity contribution in [3.8, 4) is 5.75 Å². The molecule has 1 saturated heterocycles. The molecule has 0 radical (unpaired) electrons. The van der Waals surface area contributed by atoms with E-state index in [1.54, 1.807) is 12.1 Å². The van der Waals surface area contributed by atoms with Crippen LogP contribution in [0.5, 0.6) is 5.75 Å². The minimum Gasteiger partial charge on any atom is -0.486 e. The van der Waals surface area contributed by atoms with Gasteiger partial charge in [0.2, 0.25) is 0 Å². The fourth-order valence-corrected chi connectivity index (χ4v) is 3.65. The second kappa shape index (κ2) is 10.9. The molecule has 2 aromatic rings. The summed E-state index contributed by atoms with van der Waals surface area (Å²) in [5, 5.41) is 4.79. The molecule has 1 N–H and O–H groups in total. The van der Waals surface area contributed by atoms with Crippen LogP contribution in [-0.2, 0) is 6.61 Å². The predicted octanol–water partition coefficient (Wildman–Crippen LogP) is 3.96. The number of carbonyl (C=O) groups is 1. The summed E-state index contributed by atoms with van der Waals surface area (Å²) >= 11 is 7.28. The largest absolute Gasteiger partial charge is 0.486 e. The van der Waals surface area contributed by atoms with E-state index in [0.29, 0.717) is 16.5 Å². The molecule has 1 aliphatic rings. The Kier molecular flexibility index (Phi) is 9.68. The molecule has 1 amide bonds. The average molecular weight is 439 g/mol. The van der Waals surface area contributed by atoms with Gasteiger partial charge in [0.25, 0.3) is 5.91 Å². The number of hydrogen-bond donors (Lipinski definition) is 1. The Labute approximate surface area is 174 Å². The van der Waals surface area contributed by atoms with Crippen molar-refractivity contribution in [3.05, 3.63) is 44.9 Å². The molecule has 5 nitrogen and oxygen atoms in total. The van der Waals surface area contributed by atoms with Crippen molar-refractivity contribution in [2.45, 2.75) is 20.0 Å². The van der Waals surface area contributed by atoms with E-state index in [9.17, 15) is 4.79 Å². The van der Waals surface area contributed by atoms with Gasteiger partial charge in [0, 0.05) is 24.7 Å². The Balaban J connectivity index is 0.00000169. The van der Waals surface area contributed by atoms with Crippen molar-refractivity contribution in [1.29, 1.82) is 0 Å². The van der Waals surface area contributed by atoms with Gasteiger partial charge in [-0.3, -0.25) is 4.79 Å². The maximum Gasteiger partial charge on any atom is 0.265 e. The van der Waals surface area contributed by atoms with E-state index >= 15 is 0 Å². The summed E-state index contributed by atoms with van der Waals surface area (Å²) in [5.74, 6) is 0.810. The number of ether oxygens (including phenoxy) is 1. The first-order valence-electron chi connectivity index (χ1n) is 7.98. The number of nitrogens with one attached hydrogen (secondary N) is 1. The Morgan fingerprint density at radius 3 is 2.73 bits per heavy atom. The van der Waals surface area contributed by atoms with Crippen molar-refractivity contribution in [2.75, 3.05) is 26.2 Å². The maximum absolute atomic E-state index is 12.7. The molecule has 0 saturated carbocycles. The average Bonchev–Trinajstić information content (AvgIpc) is 2.78. The molecule has 26 heavy (non-hydrogen) atoms. The summed E-state index contributed by atoms with van der Waals surface area (Å²) < 4.78 is 5.71. The van der Waals surface area contributed by atoms with Gasteiger partial charge in [0.15, 0.2) is 0 Å². The van der Waals surface area contributed by atoms with E-state index in [4.69, 9.17) is 16.3 Å². The predicted molar refractivity (Wildman–Crippen MR) is 111 cm³/mol. The lowest BCUT2D eigenvalue weighted by molar-refractivity contribution is 0.0770. The first-order valence-corrected chi connectivity index (χ1v) is 9.17. The normalized spacial score (nSPS) is 14.0. The lowest BCUT2D eigenvalue weighted by Crippen LogP contribution is -2.34. The van der Waals surface area contributed by atoms with Gasteiger partial charge in [-0.15, -0.1) is 36.2 Å². The van der Waals surface area contributed by atoms with E-state index < -0.39 is 0 Å². The number of nitrogens with zero attached hydrogens (tertiary/aromatic N) is 2. The number of aryl methyl sites for hydroxylation is 1. The Morgan fingerprint density at radius 2 is 2.00 bits per heavy atom. The first kappa shape index (κ1) is 23.0. The summed E-state index contributed by atoms with van der Waals surface area (Å²) in [7, 11) is 0. The molecule has 1 aromatic carbocycles. The highest BCUT2D eigenvalue weighted by Crippen LogP contribution is 2.23. The monoisotopic (exact) mass is 437 g/mol. The zero-order valence-corrected chi connectivity index (χ0v) is 17.6. The topological polar surface area (TPSA) is 54.5 Å². The standard InChI is InChI=1S/C17H20ClN3O2S.2ClH/c1-12-16(17(22)21-9-2-7-19-8-10-21)24-15(20-12)11-23-14-5-3-13(18)4-6-14;;/h3-6,19H,2,7-11H2,1H3;2*1H. The molecule has 0 unspecified atom stereocenters. The van der Waals surface area contributed by atoms with E-state index in [1.807, 2.05) is 24.0 Å². The van der Waals surface area contributed by atoms with Gasteiger partial charge in [-0.1, -0.05) is 11.6 Å². The minimum absolute atomic E-state index is 0. The van der Waals surface area contributed by atoms with E-state index in [-0.39, 0.29) is 30.7 Å². The van der Waals surface area contributed by atoms with Gasteiger partial charge >= 0.3 is 0 Å². The Morgan fingerprint density at radius 1 is 1.27 bits per heavy atom. The third-order valence-electron chi connectivity index (χ3n) is 3.84. The van der Waals surface area contributed by atoms with Crippen LogP contribution in [0.3, 0.4) is 0 Å². The van der Waals surface area contributed by atoms with Crippen LogP contribution in [0.25, 0.3) is 0 Å². The number of halogens is 3. The molecule has 1 fully saturated rings. The second-order valence-electron chi connectivity index (χ2n) is 5.66. The lowest BCUT2D eigenvalue weighted by Gasteiger charge is -2.19. The highest BCUT2D eigenvalue weighted by atomic mass is 35.5. The molecule has 1 aromatic heterocycles. The summed E-state index contributed by atoms with van der Waals surface area (Å²) in [4.78, 5) is 19.8. The van der Waals surface area contributed by atoms with Gasteiger partial charge in [0.1, 0.15) is 22.2 Å². The highest BCUT2D eigenvalue weighted by Gasteiger charge is 2.22. The molecule has 9 heteroatoms. The third kappa shape index (κ3) is 5.99. The Bertz CT molecular complexity index is 702. The summed E-state index contributed by atoms with van der Waals surface area (Å²) in [5.41, 5.74) is 0.775. The molecule has 144 valence electrons. The molecule has 2 heterocycles. The molecule has 0 aliphatic carbocycles. The van der Waals surface area contributed by atoms with Crippen molar-refractivity contribution in [2.24, 2.45) is 0 Å². The van der Waals surface area contributed by atoms with Gasteiger partial charge < -0.3 is 15.0 Å². The van der Waals surface area contributed by atoms with Gasteiger partial charge in [-0.25, -0.2) is 4.98 Å². The quantitative estimate of drug-likeness (QED) is 0.785. The molecule has 1 aliphatic heterocycles. The molecule has 0 spiro atoms. The second-order valence-corrected chi connectivity index (χ2v) is 7.18. The number of carbonyl (C=O) groups excluding carboxylic acids is 1. The maximum atomic E-state index is 12.7. The van der Waals surface area contributed by atoms with Crippen molar-refractivity contribution >= 4 is 53.7 Å². The highest BCUT2D eigenvalue weighted by molar-refractivity contribution is 7.13. The van der Waals surface area contributed by atoms with E-state index in [0.717, 1.165) is 49.1 Å². The number of thiazole rings is 1. The molecular weight excluding hydrogens is 417 g/mol. The van der Waals surface area contributed by atoms with Gasteiger partial charge in [-0.2, -0.15) is 0 Å². The molecule has 0 bridgehead atoms. The van der Waals surface area contributed by atoms with Gasteiger partial charge in [0.05, 0.1) is 5.69 Å². The summed E-state index contributed by atoms with van der Waals surface area (Å²) in [6.45, 7) is 5.57. The van der Waals surface area contributed by atoms with Crippen LogP contribution in [0.1, 0.15) is 26.8 Å². The SMILES string of the molecule is Cc1nc(COc2ccc(Cl)cc2)sc1C(=O)N1CCCNCC1.Cl.Cl. The zero-order valence-electron chi connectivity index (χ0n) is 14.4. The minimum atomic E-state index is 0. The lowest BCUT2D eigenvalue weighted by atomic mass is 10.3. The number of aromatic nitrogens is 1. The molecule has 0 atom stereocenters. The zero-order chi connectivity index (χ0) is 16.9. The third-order valence-corrected chi connectivity index (χ3v) is 5.21. The number of rotatable bonds is 4. The van der Waals surface area contributed by atoms with Crippen LogP contribution in [0.15, 0.2) is 24.3 Å². The van der Waals surface area contributed by atoms with Crippen LogP contribution in [0, 0.1) is 6.92 Å². The van der Waals surface area contributed by atoms with Crippen LogP contribution in [0.2, 0.25) is 5.02 Å². The van der Waals surface area contributed by atoms with Crippen molar-refractivity contribution in [1.82, 2.24) is 15.2 Å². The van der Waals surface area contributed by atoms with Crippen molar-refractivity contribution < 1.29 is 9.53 Å². The van der Waals surface area contributed by atoms with Gasteiger partial charge in [-0.05, 0) is 44.2 Å². The van der Waals surface area contributed by atoms with Crippen molar-refractivity contribution in [3.63, 3.8) is 0 Å². The first-order chi connectivity index (χ1) is 11.6. The summed E-state index contributed by atoms with van der Waals surface area (Å²) in [6, 6.07) is 7.21. The number of amides is 1. The molecular formula is C17H22Cl3N3O2S. The smallest absolute Gasteiger partial charge is 0.265 e. The van der Waals surface area contributed by atoms with E-state index in [1.165, 1.54) is 11.3 Å². The fraction of sp³-hybridized carbons (Fsp3) is 0.412. The summed E-state index contributed by atoms with van der Waals surface area (Å²) in [6.07, 6.45) is 0.982. The Hall–Kier alpha value is -1.05. The van der Waals surface area contributed by atoms with E-state index in [2.05, 4.69) is 10.3 Å². The number of hydrogen-bond acceptors (Lipinski definition) is 5. The number of benzene rings is 1. The fourth-order valence-electron chi connectivity index (χ4n) is 2.58. The van der Waals surface area contributed by atoms with Crippen LogP contribution in [-0.4, -0.2) is 42.0 Å². The van der Waals surface area contributed by atoms with Crippen LogP contribution in [0.4, 0.5) is 0 Å².